The zero-order chi connectivity index (χ0) is 20.1. The van der Waals surface area contributed by atoms with Crippen LogP contribution in [0.2, 0.25) is 0 Å². The Morgan fingerprint density at radius 2 is 1.72 bits per heavy atom. The minimum Gasteiger partial charge on any atom is -0.339 e. The number of fused-ring (bicyclic) bond motifs is 3. The summed E-state index contributed by atoms with van der Waals surface area (Å²) in [7, 11) is 4.23. The van der Waals surface area contributed by atoms with Crippen LogP contribution in [0.1, 0.15) is 17.7 Å². The summed E-state index contributed by atoms with van der Waals surface area (Å²) < 4.78 is 2.42. The third kappa shape index (κ3) is 4.66. The molecule has 0 unspecified atom stereocenters. The van der Waals surface area contributed by atoms with Crippen molar-refractivity contribution in [2.24, 2.45) is 0 Å². The summed E-state index contributed by atoms with van der Waals surface area (Å²) in [5.74, 6) is 0. The molecule has 4 rings (SSSR count). The van der Waals surface area contributed by atoms with Gasteiger partial charge in [0.2, 0.25) is 0 Å². The van der Waals surface area contributed by atoms with Gasteiger partial charge in [0.15, 0.2) is 0 Å². The third-order valence-electron chi connectivity index (χ3n) is 5.45. The Labute approximate surface area is 173 Å². The minimum atomic E-state index is 0.812. The summed E-state index contributed by atoms with van der Waals surface area (Å²) in [6.45, 7) is 3.88. The molecule has 0 atom stereocenters. The second-order valence-corrected chi connectivity index (χ2v) is 7.93. The van der Waals surface area contributed by atoms with E-state index in [-0.39, 0.29) is 0 Å². The van der Waals surface area contributed by atoms with Gasteiger partial charge in [-0.2, -0.15) is 0 Å². The quantitative estimate of drug-likeness (QED) is 0.431. The number of rotatable bonds is 9. The fourth-order valence-corrected chi connectivity index (χ4v) is 3.95. The van der Waals surface area contributed by atoms with E-state index < -0.39 is 0 Å². The van der Waals surface area contributed by atoms with Crippen LogP contribution in [0, 0.1) is 0 Å². The highest BCUT2D eigenvalue weighted by atomic mass is 15.1. The monoisotopic (exact) mass is 386 g/mol. The van der Waals surface area contributed by atoms with E-state index in [0.29, 0.717) is 0 Å². The predicted molar refractivity (Wildman–Crippen MR) is 122 cm³/mol. The van der Waals surface area contributed by atoms with Crippen LogP contribution in [-0.2, 0) is 19.5 Å². The molecule has 0 aliphatic carbocycles. The molecule has 0 bridgehead atoms. The maximum Gasteiger partial charge on any atom is 0.0678 e. The van der Waals surface area contributed by atoms with Crippen LogP contribution >= 0.6 is 0 Å². The molecule has 0 saturated carbocycles. The van der Waals surface area contributed by atoms with Crippen molar-refractivity contribution < 1.29 is 0 Å². The number of para-hydroxylation sites is 1. The Bertz CT molecular complexity index is 1070. The second-order valence-electron chi connectivity index (χ2n) is 7.93. The summed E-state index contributed by atoms with van der Waals surface area (Å²) in [4.78, 5) is 6.98. The van der Waals surface area contributed by atoms with Crippen LogP contribution in [-0.4, -0.2) is 41.6 Å². The number of aromatic nitrogens is 2. The molecule has 150 valence electrons. The molecule has 4 heteroatoms. The van der Waals surface area contributed by atoms with Gasteiger partial charge >= 0.3 is 0 Å². The maximum absolute atomic E-state index is 4.76. The molecule has 0 fully saturated rings. The third-order valence-corrected chi connectivity index (χ3v) is 5.45. The van der Waals surface area contributed by atoms with E-state index in [4.69, 9.17) is 4.98 Å². The highest BCUT2D eigenvalue weighted by Gasteiger charge is 2.11. The highest BCUT2D eigenvalue weighted by Crippen LogP contribution is 2.29. The van der Waals surface area contributed by atoms with Gasteiger partial charge in [-0.15, -0.1) is 0 Å². The topological polar surface area (TPSA) is 33.1 Å². The van der Waals surface area contributed by atoms with E-state index in [2.05, 4.69) is 95.7 Å². The molecule has 0 aliphatic rings. The molecular weight excluding hydrogens is 356 g/mol. The standard InChI is InChI=1S/C25H30N4/c1-28(2)15-8-14-26-18-21-17-23-22-11-6-7-12-24(22)29(25(23)19-27-21)16-13-20-9-4-3-5-10-20/h3-7,9-12,17,19,26H,8,13-16,18H2,1-2H3. The molecule has 0 amide bonds. The zero-order valence-electron chi connectivity index (χ0n) is 17.4. The fourth-order valence-electron chi connectivity index (χ4n) is 3.95. The van der Waals surface area contributed by atoms with Gasteiger partial charge in [0.1, 0.15) is 0 Å². The first-order valence-corrected chi connectivity index (χ1v) is 10.5. The smallest absolute Gasteiger partial charge is 0.0678 e. The van der Waals surface area contributed by atoms with E-state index >= 15 is 0 Å². The lowest BCUT2D eigenvalue weighted by atomic mass is 10.1. The van der Waals surface area contributed by atoms with Crippen LogP contribution < -0.4 is 5.32 Å². The SMILES string of the molecule is CN(C)CCCNCc1cc2c3ccccc3n(CCc3ccccc3)c2cn1. The first kappa shape index (κ1) is 19.6. The lowest BCUT2D eigenvalue weighted by Gasteiger charge is -2.10. The van der Waals surface area contributed by atoms with E-state index in [1.54, 1.807) is 0 Å². The van der Waals surface area contributed by atoms with Crippen molar-refractivity contribution in [3.63, 3.8) is 0 Å². The van der Waals surface area contributed by atoms with Crippen LogP contribution in [0.5, 0.6) is 0 Å². The van der Waals surface area contributed by atoms with Gasteiger partial charge in [-0.3, -0.25) is 4.98 Å². The van der Waals surface area contributed by atoms with E-state index in [1.165, 1.54) is 27.4 Å². The summed E-state index contributed by atoms with van der Waals surface area (Å²) in [6.07, 6.45) is 4.22. The molecule has 0 radical (unpaired) electrons. The average molecular weight is 387 g/mol. The largest absolute Gasteiger partial charge is 0.339 e. The predicted octanol–water partition coefficient (Wildman–Crippen LogP) is 4.47. The van der Waals surface area contributed by atoms with Gasteiger partial charge in [-0.25, -0.2) is 0 Å². The van der Waals surface area contributed by atoms with Gasteiger partial charge in [0.05, 0.1) is 17.4 Å². The number of hydrogen-bond donors (Lipinski definition) is 1. The van der Waals surface area contributed by atoms with Crippen molar-refractivity contribution in [1.29, 1.82) is 0 Å². The summed E-state index contributed by atoms with van der Waals surface area (Å²) in [6, 6.07) is 21.7. The molecule has 2 heterocycles. The number of pyridine rings is 1. The van der Waals surface area contributed by atoms with Crippen LogP contribution in [0.4, 0.5) is 0 Å². The van der Waals surface area contributed by atoms with E-state index in [0.717, 1.165) is 44.7 Å². The Morgan fingerprint density at radius 3 is 2.55 bits per heavy atom. The fraction of sp³-hybridized carbons (Fsp3) is 0.320. The van der Waals surface area contributed by atoms with E-state index in [9.17, 15) is 0 Å². The second kappa shape index (κ2) is 9.21. The number of aryl methyl sites for hydroxylation is 2. The molecule has 1 N–H and O–H groups in total. The van der Waals surface area contributed by atoms with Crippen molar-refractivity contribution in [2.45, 2.75) is 25.9 Å². The van der Waals surface area contributed by atoms with E-state index in [1.807, 2.05) is 0 Å². The van der Waals surface area contributed by atoms with Crippen molar-refractivity contribution >= 4 is 21.8 Å². The molecule has 0 aliphatic heterocycles. The molecule has 2 aromatic heterocycles. The normalized spacial score (nSPS) is 11.7. The summed E-state index contributed by atoms with van der Waals surface area (Å²) >= 11 is 0. The molecule has 4 nitrogen and oxygen atoms in total. The first-order chi connectivity index (χ1) is 14.2. The minimum absolute atomic E-state index is 0.812. The molecular formula is C25H30N4. The van der Waals surface area contributed by atoms with Gasteiger partial charge in [-0.05, 0) is 57.7 Å². The van der Waals surface area contributed by atoms with Gasteiger partial charge in [-0.1, -0.05) is 48.5 Å². The number of nitrogens with one attached hydrogen (secondary N) is 1. The summed E-state index contributed by atoms with van der Waals surface area (Å²) in [5.41, 5.74) is 4.98. The van der Waals surface area contributed by atoms with Crippen molar-refractivity contribution in [2.75, 3.05) is 27.2 Å². The Hall–Kier alpha value is -2.69. The van der Waals surface area contributed by atoms with Gasteiger partial charge < -0.3 is 14.8 Å². The molecule has 29 heavy (non-hydrogen) atoms. The lowest BCUT2D eigenvalue weighted by Crippen LogP contribution is -2.21. The van der Waals surface area contributed by atoms with Crippen molar-refractivity contribution in [3.8, 4) is 0 Å². The highest BCUT2D eigenvalue weighted by molar-refractivity contribution is 6.07. The van der Waals surface area contributed by atoms with Gasteiger partial charge in [0.25, 0.3) is 0 Å². The molecule has 0 spiro atoms. The average Bonchev–Trinajstić information content (AvgIpc) is 3.06. The number of nitrogens with zero attached hydrogens (tertiary/aromatic N) is 3. The van der Waals surface area contributed by atoms with Crippen LogP contribution in [0.25, 0.3) is 21.8 Å². The van der Waals surface area contributed by atoms with Crippen molar-refractivity contribution in [3.05, 3.63) is 78.1 Å². The van der Waals surface area contributed by atoms with Crippen LogP contribution in [0.3, 0.4) is 0 Å². The zero-order valence-corrected chi connectivity index (χ0v) is 17.4. The van der Waals surface area contributed by atoms with Gasteiger partial charge in [0, 0.05) is 29.4 Å². The van der Waals surface area contributed by atoms with Crippen molar-refractivity contribution in [1.82, 2.24) is 19.8 Å². The number of hydrogen-bond acceptors (Lipinski definition) is 3. The maximum atomic E-state index is 4.76. The Balaban J connectivity index is 1.56. The Kier molecular flexibility index (Phi) is 6.23. The number of benzene rings is 2. The lowest BCUT2D eigenvalue weighted by molar-refractivity contribution is 0.394. The molecule has 2 aromatic carbocycles. The summed E-state index contributed by atoms with van der Waals surface area (Å²) in [5, 5.41) is 6.14. The van der Waals surface area contributed by atoms with Crippen LogP contribution in [0.15, 0.2) is 66.9 Å². The molecule has 4 aromatic rings. The Morgan fingerprint density at radius 1 is 0.931 bits per heavy atom. The molecule has 0 saturated heterocycles. The first-order valence-electron chi connectivity index (χ1n) is 10.5.